The number of aryl methyl sites for hydroxylation is 1. The molecule has 3 N–H and O–H groups in total. The van der Waals surface area contributed by atoms with Gasteiger partial charge in [-0.3, -0.25) is 9.89 Å². The number of hydrogen-bond donors (Lipinski definition) is 3. The lowest BCUT2D eigenvalue weighted by Gasteiger charge is -2.11. The maximum absolute atomic E-state index is 12.4. The number of nitrogens with zero attached hydrogens (tertiary/aromatic N) is 1. The zero-order chi connectivity index (χ0) is 14.7. The molecule has 1 aromatic carbocycles. The number of aromatic amines is 1. The van der Waals surface area contributed by atoms with Gasteiger partial charge in [-0.2, -0.15) is 5.10 Å². The topological polar surface area (TPSA) is 69.8 Å². The molecule has 0 fully saturated rings. The number of nitrogens with one attached hydrogen (secondary N) is 3. The van der Waals surface area contributed by atoms with E-state index in [9.17, 15) is 4.79 Å². The minimum atomic E-state index is -0.127. The summed E-state index contributed by atoms with van der Waals surface area (Å²) in [4.78, 5) is 12.4. The fraction of sp³-hybridized carbons (Fsp3) is 0.375. The summed E-state index contributed by atoms with van der Waals surface area (Å²) < 4.78 is 0. The highest BCUT2D eigenvalue weighted by atomic mass is 35.5. The highest BCUT2D eigenvalue weighted by Crippen LogP contribution is 2.24. The van der Waals surface area contributed by atoms with Crippen LogP contribution < -0.4 is 10.6 Å². The molecule has 0 aliphatic heterocycles. The van der Waals surface area contributed by atoms with E-state index in [0.29, 0.717) is 5.69 Å². The molecule has 1 amide bonds. The van der Waals surface area contributed by atoms with Gasteiger partial charge in [0.25, 0.3) is 5.91 Å². The van der Waals surface area contributed by atoms with E-state index in [2.05, 4.69) is 27.8 Å². The standard InChI is InChI=1S/C16H20N4O.ClH/c1-2-17-10-11-6-3-4-8-13(11)18-16(21)15-12-7-5-9-14(12)19-20-15;/h3-4,6,8,17H,2,5,7,9-10H2,1H3,(H,18,21)(H,19,20);1H. The van der Waals surface area contributed by atoms with Gasteiger partial charge in [-0.05, 0) is 37.4 Å². The third-order valence-corrected chi connectivity index (χ3v) is 3.85. The highest BCUT2D eigenvalue weighted by Gasteiger charge is 2.23. The second kappa shape index (κ2) is 7.42. The fourth-order valence-electron chi connectivity index (χ4n) is 2.74. The number of benzene rings is 1. The van der Waals surface area contributed by atoms with Gasteiger partial charge in [0, 0.05) is 23.5 Å². The molecule has 1 aromatic heterocycles. The van der Waals surface area contributed by atoms with Crippen LogP contribution in [0.25, 0.3) is 0 Å². The first-order valence-electron chi connectivity index (χ1n) is 7.45. The monoisotopic (exact) mass is 320 g/mol. The Balaban J connectivity index is 0.00000176. The molecule has 3 rings (SSSR count). The molecule has 118 valence electrons. The first kappa shape index (κ1) is 16.5. The number of anilines is 1. The number of carbonyl (C=O) groups excluding carboxylic acids is 1. The SMILES string of the molecule is CCNCc1ccccc1NC(=O)c1n[nH]c2c1CCC2.Cl. The van der Waals surface area contributed by atoms with Crippen molar-refractivity contribution in [2.24, 2.45) is 0 Å². The molecule has 0 radical (unpaired) electrons. The average molecular weight is 321 g/mol. The number of hydrogen-bond acceptors (Lipinski definition) is 3. The lowest BCUT2D eigenvalue weighted by atomic mass is 10.1. The molecule has 2 aromatic rings. The molecule has 5 nitrogen and oxygen atoms in total. The van der Waals surface area contributed by atoms with Gasteiger partial charge in [0.15, 0.2) is 5.69 Å². The molecule has 22 heavy (non-hydrogen) atoms. The predicted molar refractivity (Wildman–Crippen MR) is 89.6 cm³/mol. The van der Waals surface area contributed by atoms with Gasteiger partial charge in [-0.15, -0.1) is 12.4 Å². The van der Waals surface area contributed by atoms with Crippen molar-refractivity contribution in [2.45, 2.75) is 32.7 Å². The van der Waals surface area contributed by atoms with Crippen LogP contribution in [0.5, 0.6) is 0 Å². The maximum Gasteiger partial charge on any atom is 0.276 e. The lowest BCUT2D eigenvalue weighted by molar-refractivity contribution is 0.102. The van der Waals surface area contributed by atoms with E-state index in [1.807, 2.05) is 24.3 Å². The van der Waals surface area contributed by atoms with E-state index in [4.69, 9.17) is 0 Å². The molecule has 0 unspecified atom stereocenters. The van der Waals surface area contributed by atoms with Crippen molar-refractivity contribution in [3.05, 3.63) is 46.8 Å². The molecular weight excluding hydrogens is 300 g/mol. The molecule has 0 spiro atoms. The van der Waals surface area contributed by atoms with E-state index in [1.165, 1.54) is 0 Å². The van der Waals surface area contributed by atoms with E-state index in [-0.39, 0.29) is 18.3 Å². The summed E-state index contributed by atoms with van der Waals surface area (Å²) in [6, 6.07) is 7.86. The van der Waals surface area contributed by atoms with Gasteiger partial charge in [0.2, 0.25) is 0 Å². The summed E-state index contributed by atoms with van der Waals surface area (Å²) in [6.45, 7) is 3.70. The summed E-state index contributed by atoms with van der Waals surface area (Å²) >= 11 is 0. The Morgan fingerprint density at radius 2 is 2.14 bits per heavy atom. The summed E-state index contributed by atoms with van der Waals surface area (Å²) in [5, 5.41) is 13.4. The Labute approximate surface area is 136 Å². The van der Waals surface area contributed by atoms with Crippen molar-refractivity contribution in [3.8, 4) is 0 Å². The van der Waals surface area contributed by atoms with Crippen LogP contribution in [0.1, 0.15) is 40.7 Å². The normalized spacial score (nSPS) is 12.6. The van der Waals surface area contributed by atoms with Gasteiger partial charge in [-0.25, -0.2) is 0 Å². The Morgan fingerprint density at radius 1 is 1.32 bits per heavy atom. The fourth-order valence-corrected chi connectivity index (χ4v) is 2.74. The third kappa shape index (κ3) is 3.31. The molecular formula is C16H21ClN4O. The van der Waals surface area contributed by atoms with Crippen LogP contribution in [0, 0.1) is 0 Å². The van der Waals surface area contributed by atoms with Gasteiger partial charge >= 0.3 is 0 Å². The maximum atomic E-state index is 12.4. The number of aromatic nitrogens is 2. The van der Waals surface area contributed by atoms with Crippen molar-refractivity contribution in [2.75, 3.05) is 11.9 Å². The first-order chi connectivity index (χ1) is 10.3. The molecule has 1 heterocycles. The summed E-state index contributed by atoms with van der Waals surface area (Å²) in [5.74, 6) is -0.127. The van der Waals surface area contributed by atoms with Crippen LogP contribution in [-0.2, 0) is 19.4 Å². The van der Waals surface area contributed by atoms with Crippen LogP contribution in [0.3, 0.4) is 0 Å². The summed E-state index contributed by atoms with van der Waals surface area (Å²) in [7, 11) is 0. The van der Waals surface area contributed by atoms with Crippen LogP contribution in [0.4, 0.5) is 5.69 Å². The predicted octanol–water partition coefficient (Wildman–Crippen LogP) is 2.68. The molecule has 1 aliphatic rings. The zero-order valence-electron chi connectivity index (χ0n) is 12.6. The first-order valence-corrected chi connectivity index (χ1v) is 7.45. The quantitative estimate of drug-likeness (QED) is 0.793. The zero-order valence-corrected chi connectivity index (χ0v) is 13.4. The van der Waals surface area contributed by atoms with Crippen LogP contribution in [0.2, 0.25) is 0 Å². The summed E-state index contributed by atoms with van der Waals surface area (Å²) in [5.41, 5.74) is 4.66. The Bertz CT molecular complexity index is 653. The number of H-pyrrole nitrogens is 1. The number of rotatable bonds is 5. The van der Waals surface area contributed by atoms with E-state index in [0.717, 1.165) is 54.9 Å². The second-order valence-corrected chi connectivity index (χ2v) is 5.27. The Morgan fingerprint density at radius 3 is 2.95 bits per heavy atom. The van der Waals surface area contributed by atoms with Crippen LogP contribution in [0.15, 0.2) is 24.3 Å². The lowest BCUT2D eigenvalue weighted by Crippen LogP contribution is -2.18. The van der Waals surface area contributed by atoms with Gasteiger partial charge < -0.3 is 10.6 Å². The van der Waals surface area contributed by atoms with Gasteiger partial charge in [-0.1, -0.05) is 25.1 Å². The van der Waals surface area contributed by atoms with Crippen molar-refractivity contribution in [1.82, 2.24) is 15.5 Å². The molecule has 0 saturated heterocycles. The number of para-hydroxylation sites is 1. The van der Waals surface area contributed by atoms with Crippen molar-refractivity contribution >= 4 is 24.0 Å². The number of halogens is 1. The van der Waals surface area contributed by atoms with Crippen LogP contribution >= 0.6 is 12.4 Å². The second-order valence-electron chi connectivity index (χ2n) is 5.27. The third-order valence-electron chi connectivity index (χ3n) is 3.85. The number of amides is 1. The average Bonchev–Trinajstić information content (AvgIpc) is 3.09. The van der Waals surface area contributed by atoms with Gasteiger partial charge in [0.05, 0.1) is 0 Å². The molecule has 0 bridgehead atoms. The van der Waals surface area contributed by atoms with E-state index >= 15 is 0 Å². The molecule has 0 atom stereocenters. The minimum Gasteiger partial charge on any atom is -0.320 e. The Hall–Kier alpha value is -1.85. The van der Waals surface area contributed by atoms with Crippen molar-refractivity contribution in [3.63, 3.8) is 0 Å². The highest BCUT2D eigenvalue weighted by molar-refractivity contribution is 6.04. The largest absolute Gasteiger partial charge is 0.320 e. The van der Waals surface area contributed by atoms with E-state index < -0.39 is 0 Å². The molecule has 0 saturated carbocycles. The number of carbonyl (C=O) groups is 1. The Kier molecular flexibility index (Phi) is 5.57. The van der Waals surface area contributed by atoms with E-state index in [1.54, 1.807) is 0 Å². The minimum absolute atomic E-state index is 0. The smallest absolute Gasteiger partial charge is 0.276 e. The van der Waals surface area contributed by atoms with Crippen molar-refractivity contribution in [1.29, 1.82) is 0 Å². The number of fused-ring (bicyclic) bond motifs is 1. The molecule has 1 aliphatic carbocycles. The van der Waals surface area contributed by atoms with Gasteiger partial charge in [0.1, 0.15) is 0 Å². The molecule has 6 heteroatoms. The van der Waals surface area contributed by atoms with Crippen LogP contribution in [-0.4, -0.2) is 22.6 Å². The summed E-state index contributed by atoms with van der Waals surface area (Å²) in [6.07, 6.45) is 3.03. The van der Waals surface area contributed by atoms with Crippen molar-refractivity contribution < 1.29 is 4.79 Å².